The van der Waals surface area contributed by atoms with Crippen molar-refractivity contribution < 1.29 is 13.6 Å². The second kappa shape index (κ2) is 11.0. The molecule has 0 aromatic heterocycles. The van der Waals surface area contributed by atoms with Crippen LogP contribution in [0, 0.1) is 19.8 Å². The maximum absolute atomic E-state index is 13.3. The zero-order chi connectivity index (χ0) is 22.3. The molecule has 1 aromatic carbocycles. The van der Waals surface area contributed by atoms with Crippen LogP contribution in [0.5, 0.6) is 0 Å². The molecule has 5 nitrogen and oxygen atoms in total. The predicted molar refractivity (Wildman–Crippen MR) is 123 cm³/mol. The number of hydrogen-bond acceptors (Lipinski definition) is 4. The summed E-state index contributed by atoms with van der Waals surface area (Å²) in [6.45, 7) is 11.2. The van der Waals surface area contributed by atoms with Gasteiger partial charge in [-0.15, -0.1) is 0 Å². The van der Waals surface area contributed by atoms with Gasteiger partial charge in [-0.2, -0.15) is 5.10 Å². The second-order valence-electron chi connectivity index (χ2n) is 8.12. The monoisotopic (exact) mass is 438 g/mol. The van der Waals surface area contributed by atoms with Gasteiger partial charge in [-0.05, 0) is 76.7 Å². The van der Waals surface area contributed by atoms with Gasteiger partial charge in [0.05, 0.1) is 5.69 Å². The first kappa shape index (κ1) is 24.4. The van der Waals surface area contributed by atoms with Gasteiger partial charge in [0.25, 0.3) is 5.66 Å². The van der Waals surface area contributed by atoms with Crippen LogP contribution in [-0.2, 0) is 4.79 Å². The molecule has 1 N–H and O–H groups in total. The molecule has 1 aromatic rings. The summed E-state index contributed by atoms with van der Waals surface area (Å²) in [6, 6.07) is 5.86. The third kappa shape index (κ3) is 7.13. The van der Waals surface area contributed by atoms with Crippen LogP contribution in [0.4, 0.5) is 14.5 Å². The Bertz CT molecular complexity index is 758. The smallest absolute Gasteiger partial charge is 0.260 e. The molecule has 1 heterocycles. The third-order valence-electron chi connectivity index (χ3n) is 5.64. The zero-order valence-corrected chi connectivity index (χ0v) is 19.2. The maximum Gasteiger partial charge on any atom is 0.260 e. The molecule has 30 heavy (non-hydrogen) atoms. The number of carbonyl (C=O) groups is 1. The van der Waals surface area contributed by atoms with Crippen LogP contribution >= 0.6 is 9.24 Å². The summed E-state index contributed by atoms with van der Waals surface area (Å²) in [4.78, 5) is 13.3. The Kier molecular flexibility index (Phi) is 8.92. The lowest BCUT2D eigenvalue weighted by atomic mass is 9.92. The van der Waals surface area contributed by atoms with E-state index in [1.807, 2.05) is 39.0 Å². The highest BCUT2D eigenvalue weighted by atomic mass is 31.0. The first-order valence-electron chi connectivity index (χ1n) is 10.3. The summed E-state index contributed by atoms with van der Waals surface area (Å²) in [5.41, 5.74) is 0.325. The van der Waals surface area contributed by atoms with Crippen LogP contribution in [0.3, 0.4) is 0 Å². The second-order valence-corrected chi connectivity index (χ2v) is 8.97. The Morgan fingerprint density at radius 2 is 2.10 bits per heavy atom. The minimum atomic E-state index is -2.72. The van der Waals surface area contributed by atoms with Crippen molar-refractivity contribution in [3.8, 4) is 0 Å². The number of piperidine rings is 1. The molecule has 0 radical (unpaired) electrons. The lowest BCUT2D eigenvalue weighted by molar-refractivity contribution is -0.109. The summed E-state index contributed by atoms with van der Waals surface area (Å²) in [7, 11) is 1.63. The van der Waals surface area contributed by atoms with Crippen molar-refractivity contribution in [2.45, 2.75) is 58.2 Å². The van der Waals surface area contributed by atoms with E-state index in [1.165, 1.54) is 0 Å². The normalized spacial score (nSPS) is 17.5. The van der Waals surface area contributed by atoms with Gasteiger partial charge < -0.3 is 10.2 Å². The fourth-order valence-corrected chi connectivity index (χ4v) is 4.36. The molecule has 1 fully saturated rings. The number of amides is 1. The largest absolute Gasteiger partial charge is 0.314 e. The molecule has 0 spiro atoms. The predicted octanol–water partition coefficient (Wildman–Crippen LogP) is 4.66. The first-order chi connectivity index (χ1) is 14.1. The molecule has 8 heteroatoms. The number of likely N-dealkylation sites (tertiary alicyclic amines) is 1. The van der Waals surface area contributed by atoms with E-state index >= 15 is 0 Å². The van der Waals surface area contributed by atoms with Gasteiger partial charge in [0.1, 0.15) is 5.82 Å². The molecule has 1 amide bonds. The highest BCUT2D eigenvalue weighted by molar-refractivity contribution is 7.18. The Balaban J connectivity index is 2.03. The van der Waals surface area contributed by atoms with Gasteiger partial charge in [-0.25, -0.2) is 13.8 Å². The first-order valence-corrected chi connectivity index (χ1v) is 10.9. The van der Waals surface area contributed by atoms with E-state index in [2.05, 4.69) is 28.1 Å². The molecule has 2 atom stereocenters. The van der Waals surface area contributed by atoms with E-state index in [0.29, 0.717) is 18.1 Å². The van der Waals surface area contributed by atoms with Crippen molar-refractivity contribution in [3.63, 3.8) is 0 Å². The number of halogens is 2. The van der Waals surface area contributed by atoms with Crippen LogP contribution in [-0.4, -0.2) is 42.8 Å². The molecule has 1 aliphatic heterocycles. The van der Waals surface area contributed by atoms with Crippen LogP contribution < -0.4 is 10.3 Å². The van der Waals surface area contributed by atoms with Crippen molar-refractivity contribution in [1.82, 2.24) is 10.2 Å². The molecular weight excluding hydrogens is 405 g/mol. The van der Waals surface area contributed by atoms with E-state index in [1.54, 1.807) is 14.2 Å². The summed E-state index contributed by atoms with van der Waals surface area (Å²) >= 11 is 0. The van der Waals surface area contributed by atoms with E-state index in [-0.39, 0.29) is 12.5 Å². The number of aryl methyl sites for hydroxylation is 2. The highest BCUT2D eigenvalue weighted by Gasteiger charge is 2.30. The van der Waals surface area contributed by atoms with Crippen LogP contribution in [0.15, 0.2) is 35.2 Å². The summed E-state index contributed by atoms with van der Waals surface area (Å²) in [6.07, 6.45) is 5.11. The summed E-state index contributed by atoms with van der Waals surface area (Å²) < 4.78 is 26.5. The Morgan fingerprint density at radius 3 is 2.63 bits per heavy atom. The van der Waals surface area contributed by atoms with Crippen molar-refractivity contribution in [3.05, 3.63) is 41.2 Å². The van der Waals surface area contributed by atoms with Crippen molar-refractivity contribution >= 4 is 28.1 Å². The number of allylic oxidation sites excluding steroid dienone is 1. The number of nitrogens with one attached hydrogen (secondary N) is 1. The molecule has 1 saturated heterocycles. The summed E-state index contributed by atoms with van der Waals surface area (Å²) in [5, 5.41) is 8.50. The van der Waals surface area contributed by atoms with Gasteiger partial charge in [0, 0.05) is 19.2 Å². The van der Waals surface area contributed by atoms with Gasteiger partial charge in [-0.3, -0.25) is 4.79 Å². The van der Waals surface area contributed by atoms with Gasteiger partial charge in [0.15, 0.2) is 0 Å². The Labute approximate surface area is 180 Å². The average Bonchev–Trinajstić information content (AvgIpc) is 2.67. The molecule has 166 valence electrons. The van der Waals surface area contributed by atoms with Crippen molar-refractivity contribution in [1.29, 1.82) is 0 Å². The number of anilines is 1. The topological polar surface area (TPSA) is 47.9 Å². The Morgan fingerprint density at radius 1 is 1.43 bits per heavy atom. The number of carbonyl (C=O) groups excluding carboxylic acids is 1. The molecular formula is C22H33F2N4OP. The number of rotatable bonds is 10. The zero-order valence-electron chi connectivity index (χ0n) is 18.1. The Hall–Kier alpha value is -1.85. The fraction of sp³-hybridized carbons (Fsp3) is 0.545. The van der Waals surface area contributed by atoms with Gasteiger partial charge in [0.2, 0.25) is 6.41 Å². The molecule has 0 saturated carbocycles. The highest BCUT2D eigenvalue weighted by Crippen LogP contribution is 2.32. The molecule has 2 unspecified atom stereocenters. The minimum Gasteiger partial charge on any atom is -0.314 e. The third-order valence-corrected chi connectivity index (χ3v) is 5.88. The maximum atomic E-state index is 13.3. The molecule has 2 rings (SSSR count). The van der Waals surface area contributed by atoms with Gasteiger partial charge >= 0.3 is 0 Å². The molecule has 0 aliphatic carbocycles. The van der Waals surface area contributed by atoms with E-state index in [0.717, 1.165) is 49.2 Å². The number of hydrogen-bond donors (Lipinski definition) is 1. The van der Waals surface area contributed by atoms with E-state index in [9.17, 15) is 13.6 Å². The van der Waals surface area contributed by atoms with Crippen LogP contribution in [0.25, 0.3) is 0 Å². The van der Waals surface area contributed by atoms with E-state index in [4.69, 9.17) is 0 Å². The number of alkyl halides is 2. The SMILES string of the molecule is C=NN(/C(=C\CC1CCN(C(C)CC(F)(F)P)CC1)NC=O)c1ccc(C)cc1C. The minimum absolute atomic E-state index is 0.147. The quantitative estimate of drug-likeness (QED) is 0.250. The molecule has 0 bridgehead atoms. The number of hydrazone groups is 1. The summed E-state index contributed by atoms with van der Waals surface area (Å²) in [5.74, 6) is 1.00. The lowest BCUT2D eigenvalue weighted by Crippen LogP contribution is -2.41. The van der Waals surface area contributed by atoms with Gasteiger partial charge in [-0.1, -0.05) is 26.9 Å². The van der Waals surface area contributed by atoms with E-state index < -0.39 is 5.66 Å². The molecule has 1 aliphatic rings. The van der Waals surface area contributed by atoms with Crippen LogP contribution in [0.1, 0.15) is 43.7 Å². The fourth-order valence-electron chi connectivity index (χ4n) is 4.02. The standard InChI is InChI=1S/C22H33F2N4OP/c1-16-5-7-20(17(2)13-16)28(25-4)21(26-15-29)8-6-19-9-11-27(12-10-19)18(3)14-22(23,24)30/h5,7-8,13,15,18-19H,4,6,9-12,14,30H2,1-3H3,(H,26,29)/b21-8-. The lowest BCUT2D eigenvalue weighted by Gasteiger charge is -2.36. The number of nitrogens with zero attached hydrogens (tertiary/aromatic N) is 3. The van der Waals surface area contributed by atoms with Crippen LogP contribution in [0.2, 0.25) is 0 Å². The number of benzene rings is 1. The average molecular weight is 439 g/mol. The van der Waals surface area contributed by atoms with Crippen molar-refractivity contribution in [2.75, 3.05) is 18.1 Å². The van der Waals surface area contributed by atoms with Crippen molar-refractivity contribution in [2.24, 2.45) is 11.0 Å².